The van der Waals surface area contributed by atoms with Crippen LogP contribution in [0.2, 0.25) is 0 Å². The molecule has 0 fully saturated rings. The summed E-state index contributed by atoms with van der Waals surface area (Å²) in [5, 5.41) is 8.57. The molecule has 1 aromatic rings. The Morgan fingerprint density at radius 1 is 1.00 bits per heavy atom. The van der Waals surface area contributed by atoms with Gasteiger partial charge in [0.05, 0.1) is 24.3 Å². The molecule has 0 aliphatic carbocycles. The molecule has 20 heavy (non-hydrogen) atoms. The van der Waals surface area contributed by atoms with Crippen molar-refractivity contribution in [2.24, 2.45) is 5.41 Å². The topological polar surface area (TPSA) is 72.8 Å². The Hall–Kier alpha value is -1.88. The molecule has 0 atom stereocenters. The molecule has 0 amide bonds. The van der Waals surface area contributed by atoms with Crippen LogP contribution in [0.4, 0.5) is 0 Å². The quantitative estimate of drug-likeness (QED) is 0.836. The molecule has 0 heterocycles. The van der Waals surface area contributed by atoms with Gasteiger partial charge in [0.1, 0.15) is 6.61 Å². The van der Waals surface area contributed by atoms with Crippen molar-refractivity contribution in [3.63, 3.8) is 0 Å². The Balaban J connectivity index is 2.62. The summed E-state index contributed by atoms with van der Waals surface area (Å²) >= 11 is 0. The highest BCUT2D eigenvalue weighted by Gasteiger charge is 2.15. The van der Waals surface area contributed by atoms with Crippen LogP contribution in [0.15, 0.2) is 24.3 Å². The monoisotopic (exact) mass is 280 g/mol. The predicted molar refractivity (Wildman–Crippen MR) is 73.5 cm³/mol. The highest BCUT2D eigenvalue weighted by Crippen LogP contribution is 2.15. The Morgan fingerprint density at radius 2 is 1.45 bits per heavy atom. The first-order chi connectivity index (χ1) is 9.33. The van der Waals surface area contributed by atoms with E-state index in [0.717, 1.165) is 0 Å². The molecule has 5 nitrogen and oxygen atoms in total. The molecule has 1 rings (SSSR count). The van der Waals surface area contributed by atoms with Crippen LogP contribution in [0, 0.1) is 5.41 Å². The molecule has 1 N–H and O–H groups in total. The molecule has 0 unspecified atom stereocenters. The summed E-state index contributed by atoms with van der Waals surface area (Å²) in [4.78, 5) is 23.3. The first-order valence-electron chi connectivity index (χ1n) is 6.38. The van der Waals surface area contributed by atoms with Gasteiger partial charge in [-0.2, -0.15) is 0 Å². The minimum Gasteiger partial charge on any atom is -0.462 e. The fraction of sp³-hybridized carbons (Fsp3) is 0.467. The van der Waals surface area contributed by atoms with Crippen molar-refractivity contribution in [3.05, 3.63) is 35.4 Å². The number of carbonyl (C=O) groups excluding carboxylic acids is 2. The van der Waals surface area contributed by atoms with E-state index in [-0.39, 0.29) is 18.6 Å². The maximum absolute atomic E-state index is 11.8. The van der Waals surface area contributed by atoms with E-state index in [2.05, 4.69) is 0 Å². The van der Waals surface area contributed by atoms with Crippen molar-refractivity contribution < 1.29 is 24.2 Å². The Labute approximate surface area is 118 Å². The lowest BCUT2D eigenvalue weighted by Gasteiger charge is -2.17. The van der Waals surface area contributed by atoms with Crippen molar-refractivity contribution in [2.45, 2.75) is 20.8 Å². The lowest BCUT2D eigenvalue weighted by Crippen LogP contribution is -2.18. The highest BCUT2D eigenvalue weighted by molar-refractivity contribution is 5.93. The number of carbonyl (C=O) groups is 2. The summed E-state index contributed by atoms with van der Waals surface area (Å²) in [5.41, 5.74) is 0.614. The Morgan fingerprint density at radius 3 is 1.85 bits per heavy atom. The van der Waals surface area contributed by atoms with Crippen molar-refractivity contribution in [2.75, 3.05) is 19.8 Å². The molecule has 0 aliphatic heterocycles. The van der Waals surface area contributed by atoms with Gasteiger partial charge in [-0.15, -0.1) is 0 Å². The van der Waals surface area contributed by atoms with Gasteiger partial charge < -0.3 is 14.6 Å². The number of benzene rings is 1. The normalized spacial score (nSPS) is 11.0. The van der Waals surface area contributed by atoms with E-state index in [1.807, 2.05) is 20.8 Å². The van der Waals surface area contributed by atoms with Crippen LogP contribution >= 0.6 is 0 Å². The zero-order valence-corrected chi connectivity index (χ0v) is 12.0. The van der Waals surface area contributed by atoms with Crippen LogP contribution in [-0.4, -0.2) is 36.9 Å². The molecule has 0 bridgehead atoms. The molecule has 0 saturated carbocycles. The summed E-state index contributed by atoms with van der Waals surface area (Å²) < 4.78 is 9.93. The predicted octanol–water partition coefficient (Wildman–Crippen LogP) is 2.04. The SMILES string of the molecule is CC(C)(C)COC(=O)c1ccc(C(=O)OCCO)cc1. The van der Waals surface area contributed by atoms with E-state index in [9.17, 15) is 9.59 Å². The third-order valence-corrected chi connectivity index (χ3v) is 2.32. The van der Waals surface area contributed by atoms with Crippen LogP contribution in [0.3, 0.4) is 0 Å². The van der Waals surface area contributed by atoms with Crippen LogP contribution in [0.1, 0.15) is 41.5 Å². The minimum atomic E-state index is -0.534. The summed E-state index contributed by atoms with van der Waals surface area (Å²) in [5.74, 6) is -0.955. The third kappa shape index (κ3) is 5.40. The number of rotatable bonds is 5. The molecule has 0 radical (unpaired) electrons. The van der Waals surface area contributed by atoms with Gasteiger partial charge in [0, 0.05) is 0 Å². The number of ether oxygens (including phenoxy) is 2. The molecular formula is C15H20O5. The molecule has 0 saturated heterocycles. The van der Waals surface area contributed by atoms with Gasteiger partial charge in [-0.05, 0) is 29.7 Å². The van der Waals surface area contributed by atoms with Gasteiger partial charge in [0.2, 0.25) is 0 Å². The van der Waals surface area contributed by atoms with E-state index in [1.165, 1.54) is 24.3 Å². The Kier molecular flexibility index (Phi) is 5.70. The van der Waals surface area contributed by atoms with E-state index in [4.69, 9.17) is 14.6 Å². The van der Waals surface area contributed by atoms with Crippen LogP contribution < -0.4 is 0 Å². The van der Waals surface area contributed by atoms with Gasteiger partial charge in [-0.3, -0.25) is 0 Å². The smallest absolute Gasteiger partial charge is 0.338 e. The lowest BCUT2D eigenvalue weighted by molar-refractivity contribution is 0.0365. The molecule has 0 aromatic heterocycles. The molecule has 0 aliphatic rings. The van der Waals surface area contributed by atoms with Crippen LogP contribution in [0.25, 0.3) is 0 Å². The van der Waals surface area contributed by atoms with Gasteiger partial charge >= 0.3 is 11.9 Å². The second kappa shape index (κ2) is 7.05. The van der Waals surface area contributed by atoms with Crippen molar-refractivity contribution in [1.29, 1.82) is 0 Å². The average Bonchev–Trinajstić information content (AvgIpc) is 2.41. The summed E-state index contributed by atoms with van der Waals surface area (Å²) in [7, 11) is 0. The van der Waals surface area contributed by atoms with Crippen molar-refractivity contribution in [1.82, 2.24) is 0 Å². The fourth-order valence-corrected chi connectivity index (χ4v) is 1.33. The summed E-state index contributed by atoms with van der Waals surface area (Å²) in [6.45, 7) is 5.98. The summed E-state index contributed by atoms with van der Waals surface area (Å²) in [6, 6.07) is 6.02. The van der Waals surface area contributed by atoms with Gasteiger partial charge in [0.15, 0.2) is 0 Å². The maximum atomic E-state index is 11.8. The summed E-state index contributed by atoms with van der Waals surface area (Å²) in [6.07, 6.45) is 0. The number of esters is 2. The zero-order valence-electron chi connectivity index (χ0n) is 12.0. The molecule has 0 spiro atoms. The average molecular weight is 280 g/mol. The van der Waals surface area contributed by atoms with Crippen LogP contribution in [-0.2, 0) is 9.47 Å². The molecule has 110 valence electrons. The van der Waals surface area contributed by atoms with Gasteiger partial charge in [-0.25, -0.2) is 9.59 Å². The fourth-order valence-electron chi connectivity index (χ4n) is 1.33. The van der Waals surface area contributed by atoms with Crippen LogP contribution in [0.5, 0.6) is 0 Å². The van der Waals surface area contributed by atoms with E-state index < -0.39 is 11.9 Å². The van der Waals surface area contributed by atoms with Crippen molar-refractivity contribution >= 4 is 11.9 Å². The second-order valence-electron chi connectivity index (χ2n) is 5.57. The van der Waals surface area contributed by atoms with E-state index >= 15 is 0 Å². The van der Waals surface area contributed by atoms with Crippen molar-refractivity contribution in [3.8, 4) is 0 Å². The lowest BCUT2D eigenvalue weighted by atomic mass is 9.99. The first kappa shape index (κ1) is 16.2. The zero-order chi connectivity index (χ0) is 15.2. The molecule has 1 aromatic carbocycles. The second-order valence-corrected chi connectivity index (χ2v) is 5.57. The molecular weight excluding hydrogens is 260 g/mol. The van der Waals surface area contributed by atoms with E-state index in [0.29, 0.717) is 17.7 Å². The standard InChI is InChI=1S/C15H20O5/c1-15(2,3)10-20-14(18)12-6-4-11(5-7-12)13(17)19-9-8-16/h4-7,16H,8-10H2,1-3H3. The number of aliphatic hydroxyl groups excluding tert-OH is 1. The molecule has 5 heteroatoms. The van der Waals surface area contributed by atoms with Gasteiger partial charge in [-0.1, -0.05) is 20.8 Å². The number of aliphatic hydroxyl groups is 1. The maximum Gasteiger partial charge on any atom is 0.338 e. The highest BCUT2D eigenvalue weighted by atomic mass is 16.5. The third-order valence-electron chi connectivity index (χ3n) is 2.32. The minimum absolute atomic E-state index is 0.0474. The number of hydrogen-bond donors (Lipinski definition) is 1. The van der Waals surface area contributed by atoms with E-state index in [1.54, 1.807) is 0 Å². The Bertz CT molecular complexity index is 456. The van der Waals surface area contributed by atoms with Gasteiger partial charge in [0.25, 0.3) is 0 Å². The largest absolute Gasteiger partial charge is 0.462 e. The first-order valence-corrected chi connectivity index (χ1v) is 6.38. The number of hydrogen-bond acceptors (Lipinski definition) is 5.